The first-order valence-corrected chi connectivity index (χ1v) is 11.7. The van der Waals surface area contributed by atoms with E-state index in [1.54, 1.807) is 7.11 Å². The minimum absolute atomic E-state index is 0.241. The van der Waals surface area contributed by atoms with Crippen molar-refractivity contribution in [2.75, 3.05) is 20.2 Å². The van der Waals surface area contributed by atoms with Crippen molar-refractivity contribution in [3.63, 3.8) is 0 Å². The van der Waals surface area contributed by atoms with Gasteiger partial charge in [-0.3, -0.25) is 4.98 Å². The van der Waals surface area contributed by atoms with Crippen LogP contribution in [0.3, 0.4) is 0 Å². The summed E-state index contributed by atoms with van der Waals surface area (Å²) in [5.41, 5.74) is 8.94. The number of hydrogen-bond acceptors (Lipinski definition) is 4. The predicted molar refractivity (Wildman–Crippen MR) is 133 cm³/mol. The summed E-state index contributed by atoms with van der Waals surface area (Å²) in [7, 11) is 1.74. The first-order chi connectivity index (χ1) is 15.7. The van der Waals surface area contributed by atoms with E-state index in [2.05, 4.69) is 31.7 Å². The molecule has 1 fully saturated rings. The van der Waals surface area contributed by atoms with Crippen LogP contribution >= 0.6 is 0 Å². The second-order valence-corrected chi connectivity index (χ2v) is 9.93. The third-order valence-corrected chi connectivity index (χ3v) is 6.29. The van der Waals surface area contributed by atoms with E-state index in [9.17, 15) is 4.79 Å². The van der Waals surface area contributed by atoms with Crippen LogP contribution in [0.5, 0.6) is 5.75 Å². The van der Waals surface area contributed by atoms with Crippen molar-refractivity contribution in [3.05, 3.63) is 70.1 Å². The normalized spacial score (nSPS) is 16.0. The average Bonchev–Trinajstić information content (AvgIpc) is 2.94. The number of likely N-dealkylation sites (tertiary alicyclic amines) is 1. The van der Waals surface area contributed by atoms with Crippen molar-refractivity contribution in [1.82, 2.24) is 9.88 Å². The zero-order valence-corrected chi connectivity index (χ0v) is 20.5. The predicted octanol–water partition coefficient (Wildman–Crippen LogP) is 5.97. The number of piperidine rings is 1. The molecule has 1 aliphatic carbocycles. The van der Waals surface area contributed by atoms with Gasteiger partial charge >= 0.3 is 6.09 Å². The Kier molecular flexibility index (Phi) is 6.33. The SMILES string of the molecule is C=Cc1cnc2c(c1)CCc1cc(C)cc(OC)c1C2=C1CCN(C(=O)OC(C)(C)C)CC1. The number of pyridine rings is 1. The number of fused-ring (bicyclic) bond motifs is 2. The molecular formula is C28H34N2O3. The summed E-state index contributed by atoms with van der Waals surface area (Å²) in [5, 5.41) is 0. The van der Waals surface area contributed by atoms with Crippen molar-refractivity contribution < 1.29 is 14.3 Å². The molecule has 0 unspecified atom stereocenters. The fraction of sp³-hybridized carbons (Fsp3) is 0.429. The maximum Gasteiger partial charge on any atom is 0.410 e. The second-order valence-electron chi connectivity index (χ2n) is 9.93. The van der Waals surface area contributed by atoms with E-state index in [0.29, 0.717) is 13.1 Å². The highest BCUT2D eigenvalue weighted by Crippen LogP contribution is 2.42. The molecule has 5 heteroatoms. The number of ether oxygens (including phenoxy) is 2. The van der Waals surface area contributed by atoms with E-state index in [4.69, 9.17) is 14.5 Å². The zero-order chi connectivity index (χ0) is 23.8. The molecule has 2 aliphatic rings. The standard InChI is InChI=1S/C28H34N2O3/c1-7-19-16-22-9-8-21-14-18(2)15-23(32-6)24(21)25(26(22)29-17-19)20-10-12-30(13-11-20)27(31)33-28(3,4)5/h7,14-17H,1,8-13H2,2-6H3. The number of rotatable bonds is 2. The van der Waals surface area contributed by atoms with Gasteiger partial charge < -0.3 is 14.4 Å². The molecule has 2 heterocycles. The van der Waals surface area contributed by atoms with Gasteiger partial charge in [0.1, 0.15) is 11.4 Å². The largest absolute Gasteiger partial charge is 0.496 e. The first-order valence-electron chi connectivity index (χ1n) is 11.7. The molecule has 1 amide bonds. The maximum atomic E-state index is 12.6. The molecule has 0 spiro atoms. The fourth-order valence-corrected chi connectivity index (χ4v) is 4.79. The van der Waals surface area contributed by atoms with Crippen LogP contribution in [-0.2, 0) is 17.6 Å². The van der Waals surface area contributed by atoms with Crippen LogP contribution < -0.4 is 4.74 Å². The number of methoxy groups -OCH3 is 1. The summed E-state index contributed by atoms with van der Waals surface area (Å²) in [4.78, 5) is 19.3. The lowest BCUT2D eigenvalue weighted by Crippen LogP contribution is -2.40. The molecular weight excluding hydrogens is 412 g/mol. The van der Waals surface area contributed by atoms with Crippen LogP contribution in [-0.4, -0.2) is 41.8 Å². The van der Waals surface area contributed by atoms with Gasteiger partial charge in [0.15, 0.2) is 0 Å². The molecule has 174 valence electrons. The molecule has 33 heavy (non-hydrogen) atoms. The molecule has 5 nitrogen and oxygen atoms in total. The molecule has 1 aromatic carbocycles. The first kappa shape index (κ1) is 23.1. The van der Waals surface area contributed by atoms with Crippen LogP contribution in [0.1, 0.15) is 67.1 Å². The summed E-state index contributed by atoms with van der Waals surface area (Å²) in [6.45, 7) is 13.0. The number of benzene rings is 1. The van der Waals surface area contributed by atoms with Crippen LogP contribution in [0.15, 0.2) is 36.5 Å². The van der Waals surface area contributed by atoms with Crippen molar-refractivity contribution >= 4 is 17.7 Å². The zero-order valence-electron chi connectivity index (χ0n) is 20.5. The van der Waals surface area contributed by atoms with Gasteiger partial charge in [0.05, 0.1) is 12.8 Å². The lowest BCUT2D eigenvalue weighted by Gasteiger charge is -2.32. The van der Waals surface area contributed by atoms with Gasteiger partial charge in [0, 0.05) is 30.4 Å². The van der Waals surface area contributed by atoms with E-state index in [0.717, 1.165) is 48.3 Å². The monoisotopic (exact) mass is 446 g/mol. The van der Waals surface area contributed by atoms with E-state index < -0.39 is 5.60 Å². The molecule has 0 atom stereocenters. The summed E-state index contributed by atoms with van der Waals surface area (Å²) in [6.07, 6.45) is 6.93. The van der Waals surface area contributed by atoms with Crippen LogP contribution in [0, 0.1) is 6.92 Å². The number of nitrogens with zero attached hydrogens (tertiary/aromatic N) is 2. The summed E-state index contributed by atoms with van der Waals surface area (Å²) in [5.74, 6) is 0.893. The van der Waals surface area contributed by atoms with Crippen molar-refractivity contribution in [2.45, 2.75) is 59.0 Å². The molecule has 0 radical (unpaired) electrons. The minimum Gasteiger partial charge on any atom is -0.496 e. The van der Waals surface area contributed by atoms with Crippen LogP contribution in [0.2, 0.25) is 0 Å². The Morgan fingerprint density at radius 1 is 1.09 bits per heavy atom. The second kappa shape index (κ2) is 9.05. The number of hydrogen-bond donors (Lipinski definition) is 0. The third-order valence-electron chi connectivity index (χ3n) is 6.29. The Morgan fingerprint density at radius 2 is 1.79 bits per heavy atom. The van der Waals surface area contributed by atoms with Gasteiger partial charge in [0.2, 0.25) is 0 Å². The van der Waals surface area contributed by atoms with Crippen LogP contribution in [0.25, 0.3) is 11.6 Å². The Balaban J connectivity index is 1.80. The Labute approximate surface area is 197 Å². The minimum atomic E-state index is -0.493. The lowest BCUT2D eigenvalue weighted by molar-refractivity contribution is 0.0236. The Morgan fingerprint density at radius 3 is 2.42 bits per heavy atom. The molecule has 1 aliphatic heterocycles. The third kappa shape index (κ3) is 4.82. The van der Waals surface area contributed by atoms with Gasteiger partial charge in [0.25, 0.3) is 0 Å². The van der Waals surface area contributed by atoms with Gasteiger partial charge in [-0.05, 0) is 87.8 Å². The number of carbonyl (C=O) groups is 1. The smallest absolute Gasteiger partial charge is 0.410 e. The van der Waals surface area contributed by atoms with Gasteiger partial charge in [-0.2, -0.15) is 0 Å². The number of amides is 1. The number of aromatic nitrogens is 1. The number of carbonyl (C=O) groups excluding carboxylic acids is 1. The molecule has 2 aromatic rings. The van der Waals surface area contributed by atoms with E-state index >= 15 is 0 Å². The Hall–Kier alpha value is -3.08. The van der Waals surface area contributed by atoms with Gasteiger partial charge in [-0.15, -0.1) is 0 Å². The maximum absolute atomic E-state index is 12.6. The quantitative estimate of drug-likeness (QED) is 0.570. The summed E-state index contributed by atoms with van der Waals surface area (Å²) >= 11 is 0. The van der Waals surface area contributed by atoms with Crippen molar-refractivity contribution in [2.24, 2.45) is 0 Å². The molecule has 1 aromatic heterocycles. The molecule has 0 N–H and O–H groups in total. The van der Waals surface area contributed by atoms with E-state index in [1.807, 2.05) is 37.9 Å². The average molecular weight is 447 g/mol. The highest BCUT2D eigenvalue weighted by molar-refractivity contribution is 5.88. The highest BCUT2D eigenvalue weighted by atomic mass is 16.6. The summed E-state index contributed by atoms with van der Waals surface area (Å²) in [6, 6.07) is 6.59. The Bertz CT molecular complexity index is 1110. The fourth-order valence-electron chi connectivity index (χ4n) is 4.79. The molecule has 1 saturated heterocycles. The summed E-state index contributed by atoms with van der Waals surface area (Å²) < 4.78 is 11.5. The highest BCUT2D eigenvalue weighted by Gasteiger charge is 2.30. The molecule has 0 saturated carbocycles. The lowest BCUT2D eigenvalue weighted by atomic mass is 9.87. The van der Waals surface area contributed by atoms with Crippen LogP contribution in [0.4, 0.5) is 4.79 Å². The topological polar surface area (TPSA) is 51.7 Å². The van der Waals surface area contributed by atoms with Crippen molar-refractivity contribution in [3.8, 4) is 5.75 Å². The molecule has 4 rings (SSSR count). The number of aryl methyl sites for hydroxylation is 3. The van der Waals surface area contributed by atoms with E-state index in [-0.39, 0.29) is 6.09 Å². The van der Waals surface area contributed by atoms with Gasteiger partial charge in [-0.1, -0.05) is 24.3 Å². The van der Waals surface area contributed by atoms with Gasteiger partial charge in [-0.25, -0.2) is 4.79 Å². The van der Waals surface area contributed by atoms with E-state index in [1.165, 1.54) is 27.8 Å². The van der Waals surface area contributed by atoms with Crippen molar-refractivity contribution in [1.29, 1.82) is 0 Å². The molecule has 0 bridgehead atoms.